The number of nitrogens with one attached hydrogen (secondary N) is 1. The van der Waals surface area contributed by atoms with Crippen LogP contribution in [0.4, 0.5) is 0 Å². The molecule has 1 N–H and O–H groups in total. The highest BCUT2D eigenvalue weighted by molar-refractivity contribution is 5.99. The van der Waals surface area contributed by atoms with Crippen molar-refractivity contribution < 1.29 is 4.79 Å². The second-order valence-corrected chi connectivity index (χ2v) is 4.02. The molecule has 84 valence electrons. The third-order valence-corrected chi connectivity index (χ3v) is 2.45. The van der Waals surface area contributed by atoms with Crippen LogP contribution in [0.1, 0.15) is 38.3 Å². The molecule has 0 radical (unpaired) electrons. The number of aryl methyl sites for hydroxylation is 1. The zero-order chi connectivity index (χ0) is 11.5. The van der Waals surface area contributed by atoms with Crippen LogP contribution in [0.3, 0.4) is 0 Å². The molecule has 0 aliphatic carbocycles. The zero-order valence-corrected chi connectivity index (χ0v) is 9.87. The van der Waals surface area contributed by atoms with Crippen molar-refractivity contribution in [3.8, 4) is 0 Å². The number of nitrogens with zero attached hydrogens (tertiary/aromatic N) is 2. The van der Waals surface area contributed by atoms with E-state index in [1.165, 1.54) is 0 Å². The summed E-state index contributed by atoms with van der Waals surface area (Å²) in [6, 6.07) is 0. The molecule has 0 aliphatic rings. The fraction of sp³-hybridized carbons (Fsp3) is 0.636. The lowest BCUT2D eigenvalue weighted by Crippen LogP contribution is -2.47. The molecule has 0 aromatic carbocycles. The fourth-order valence-corrected chi connectivity index (χ4v) is 1.58. The van der Waals surface area contributed by atoms with Gasteiger partial charge in [0.15, 0.2) is 5.82 Å². The Morgan fingerprint density at radius 3 is 2.73 bits per heavy atom. The van der Waals surface area contributed by atoms with Crippen LogP contribution in [0.2, 0.25) is 0 Å². The molecule has 4 heteroatoms. The second-order valence-electron chi connectivity index (χ2n) is 4.02. The van der Waals surface area contributed by atoms with Gasteiger partial charge in [0.05, 0.1) is 5.54 Å². The standard InChI is InChI=1S/C11H19N3O/c1-5-13-11(3,4)9(15)10-12-7-8-14(10)6-2/h7-8,13H,5-6H2,1-4H3. The van der Waals surface area contributed by atoms with Crippen LogP contribution in [-0.2, 0) is 6.54 Å². The smallest absolute Gasteiger partial charge is 0.217 e. The number of carbonyl (C=O) groups excluding carboxylic acids is 1. The number of aromatic nitrogens is 2. The van der Waals surface area contributed by atoms with E-state index in [-0.39, 0.29) is 5.78 Å². The quantitative estimate of drug-likeness (QED) is 0.747. The highest BCUT2D eigenvalue weighted by atomic mass is 16.1. The normalized spacial score (nSPS) is 11.7. The summed E-state index contributed by atoms with van der Waals surface area (Å²) in [5.41, 5.74) is -0.549. The van der Waals surface area contributed by atoms with Gasteiger partial charge in [-0.25, -0.2) is 4.98 Å². The van der Waals surface area contributed by atoms with E-state index in [0.29, 0.717) is 5.82 Å². The summed E-state index contributed by atoms with van der Waals surface area (Å²) in [5.74, 6) is 0.569. The average molecular weight is 209 g/mol. The molecule has 0 spiro atoms. The van der Waals surface area contributed by atoms with Crippen molar-refractivity contribution in [1.82, 2.24) is 14.9 Å². The maximum Gasteiger partial charge on any atom is 0.217 e. The van der Waals surface area contributed by atoms with Gasteiger partial charge in [-0.15, -0.1) is 0 Å². The van der Waals surface area contributed by atoms with Gasteiger partial charge in [0.2, 0.25) is 5.78 Å². The Morgan fingerprint density at radius 2 is 2.20 bits per heavy atom. The van der Waals surface area contributed by atoms with Gasteiger partial charge in [-0.2, -0.15) is 0 Å². The highest BCUT2D eigenvalue weighted by Crippen LogP contribution is 2.11. The molecule has 0 fully saturated rings. The molecule has 0 aliphatic heterocycles. The van der Waals surface area contributed by atoms with E-state index in [9.17, 15) is 4.79 Å². The van der Waals surface area contributed by atoms with Crippen LogP contribution < -0.4 is 5.32 Å². The lowest BCUT2D eigenvalue weighted by atomic mass is 9.98. The summed E-state index contributed by atoms with van der Waals surface area (Å²) < 4.78 is 1.86. The Labute approximate surface area is 90.7 Å². The largest absolute Gasteiger partial charge is 0.329 e. The molecule has 1 heterocycles. The second kappa shape index (κ2) is 4.57. The molecule has 1 aromatic heterocycles. The number of likely N-dealkylation sites (N-methyl/N-ethyl adjacent to an activating group) is 1. The Balaban J connectivity index is 2.93. The van der Waals surface area contributed by atoms with E-state index in [1.807, 2.05) is 38.5 Å². The SMILES string of the molecule is CCNC(C)(C)C(=O)c1nccn1CC. The topological polar surface area (TPSA) is 46.9 Å². The fourth-order valence-electron chi connectivity index (χ4n) is 1.58. The molecular formula is C11H19N3O. The molecule has 0 bridgehead atoms. The molecule has 0 saturated heterocycles. The number of rotatable bonds is 5. The predicted octanol–water partition coefficient (Wildman–Crippen LogP) is 1.47. The first-order valence-corrected chi connectivity index (χ1v) is 5.34. The van der Waals surface area contributed by atoms with Crippen LogP contribution in [0.5, 0.6) is 0 Å². The minimum Gasteiger partial charge on any atom is -0.329 e. The first-order chi connectivity index (χ1) is 7.03. The molecule has 0 saturated carbocycles. The van der Waals surface area contributed by atoms with Gasteiger partial charge in [0, 0.05) is 18.9 Å². The van der Waals surface area contributed by atoms with Crippen LogP contribution in [0.25, 0.3) is 0 Å². The maximum absolute atomic E-state index is 12.2. The van der Waals surface area contributed by atoms with Crippen LogP contribution in [-0.4, -0.2) is 27.4 Å². The first-order valence-electron chi connectivity index (χ1n) is 5.34. The minimum absolute atomic E-state index is 0.0381. The van der Waals surface area contributed by atoms with Crippen LogP contribution >= 0.6 is 0 Å². The summed E-state index contributed by atoms with van der Waals surface area (Å²) in [6.07, 6.45) is 3.49. The Bertz CT molecular complexity index is 341. The van der Waals surface area contributed by atoms with Crippen molar-refractivity contribution in [2.75, 3.05) is 6.54 Å². The summed E-state index contributed by atoms with van der Waals surface area (Å²) in [5, 5.41) is 3.16. The van der Waals surface area contributed by atoms with Crippen molar-refractivity contribution in [3.63, 3.8) is 0 Å². The molecule has 0 atom stereocenters. The van der Waals surface area contributed by atoms with E-state index >= 15 is 0 Å². The van der Waals surface area contributed by atoms with Crippen molar-refractivity contribution in [2.45, 2.75) is 39.8 Å². The highest BCUT2D eigenvalue weighted by Gasteiger charge is 2.30. The van der Waals surface area contributed by atoms with Crippen LogP contribution in [0.15, 0.2) is 12.4 Å². The van der Waals surface area contributed by atoms with Crippen molar-refractivity contribution >= 4 is 5.78 Å². The third-order valence-electron chi connectivity index (χ3n) is 2.45. The number of imidazole rings is 1. The lowest BCUT2D eigenvalue weighted by Gasteiger charge is -2.23. The Kier molecular flexibility index (Phi) is 3.63. The number of ketones is 1. The number of hydrogen-bond donors (Lipinski definition) is 1. The van der Waals surface area contributed by atoms with Gasteiger partial charge in [0.1, 0.15) is 0 Å². The average Bonchev–Trinajstić information content (AvgIpc) is 2.63. The van der Waals surface area contributed by atoms with E-state index in [4.69, 9.17) is 0 Å². The van der Waals surface area contributed by atoms with Crippen LogP contribution in [0, 0.1) is 0 Å². The lowest BCUT2D eigenvalue weighted by molar-refractivity contribution is 0.0868. The van der Waals surface area contributed by atoms with Crippen molar-refractivity contribution in [1.29, 1.82) is 0 Å². The van der Waals surface area contributed by atoms with E-state index in [1.54, 1.807) is 6.20 Å². The summed E-state index contributed by atoms with van der Waals surface area (Å²) in [4.78, 5) is 16.3. The van der Waals surface area contributed by atoms with E-state index in [2.05, 4.69) is 10.3 Å². The number of Topliss-reactive ketones (excluding diaryl/α,β-unsaturated/α-hetero) is 1. The Morgan fingerprint density at radius 1 is 1.53 bits per heavy atom. The molecule has 0 amide bonds. The zero-order valence-electron chi connectivity index (χ0n) is 9.87. The predicted molar refractivity (Wildman–Crippen MR) is 60.0 cm³/mol. The Hall–Kier alpha value is -1.16. The van der Waals surface area contributed by atoms with E-state index < -0.39 is 5.54 Å². The van der Waals surface area contributed by atoms with Gasteiger partial charge in [-0.05, 0) is 27.3 Å². The molecule has 1 aromatic rings. The van der Waals surface area contributed by atoms with Gasteiger partial charge in [-0.1, -0.05) is 6.92 Å². The van der Waals surface area contributed by atoms with Gasteiger partial charge < -0.3 is 9.88 Å². The third kappa shape index (κ3) is 2.45. The van der Waals surface area contributed by atoms with Crippen molar-refractivity contribution in [2.24, 2.45) is 0 Å². The van der Waals surface area contributed by atoms with Crippen molar-refractivity contribution in [3.05, 3.63) is 18.2 Å². The van der Waals surface area contributed by atoms with Gasteiger partial charge in [0.25, 0.3) is 0 Å². The number of hydrogen-bond acceptors (Lipinski definition) is 3. The number of carbonyl (C=O) groups is 1. The maximum atomic E-state index is 12.2. The molecule has 1 rings (SSSR count). The summed E-state index contributed by atoms with van der Waals surface area (Å²) in [7, 11) is 0. The first kappa shape index (κ1) is 11.9. The molecule has 4 nitrogen and oxygen atoms in total. The molecule has 0 unspecified atom stereocenters. The summed E-state index contributed by atoms with van der Waals surface area (Å²) in [6.45, 7) is 9.29. The minimum atomic E-state index is -0.549. The van der Waals surface area contributed by atoms with Gasteiger partial charge in [-0.3, -0.25) is 4.79 Å². The van der Waals surface area contributed by atoms with Gasteiger partial charge >= 0.3 is 0 Å². The summed E-state index contributed by atoms with van der Waals surface area (Å²) >= 11 is 0. The van der Waals surface area contributed by atoms with E-state index in [0.717, 1.165) is 13.1 Å². The molecule has 15 heavy (non-hydrogen) atoms. The monoisotopic (exact) mass is 209 g/mol. The molecular weight excluding hydrogens is 190 g/mol.